The summed E-state index contributed by atoms with van der Waals surface area (Å²) < 4.78 is 0. The number of carbonyl (C=O) groups is 2. The zero-order valence-corrected chi connectivity index (χ0v) is 16.3. The second kappa shape index (κ2) is 8.02. The van der Waals surface area contributed by atoms with Gasteiger partial charge in [-0.2, -0.15) is 0 Å². The van der Waals surface area contributed by atoms with Crippen LogP contribution < -0.4 is 10.2 Å². The van der Waals surface area contributed by atoms with E-state index in [1.54, 1.807) is 17.5 Å². The Bertz CT molecular complexity index is 933. The van der Waals surface area contributed by atoms with Crippen LogP contribution in [0.2, 0.25) is 0 Å². The van der Waals surface area contributed by atoms with Crippen LogP contribution in [0.15, 0.2) is 48.0 Å². The van der Waals surface area contributed by atoms with Crippen molar-refractivity contribution in [1.29, 1.82) is 0 Å². The van der Waals surface area contributed by atoms with Gasteiger partial charge in [-0.3, -0.25) is 9.59 Å². The van der Waals surface area contributed by atoms with Crippen molar-refractivity contribution in [1.82, 2.24) is 10.3 Å². The second-order valence-corrected chi connectivity index (χ2v) is 8.34. The van der Waals surface area contributed by atoms with E-state index in [2.05, 4.69) is 10.3 Å². The molecule has 3 aromatic rings. The fourth-order valence-corrected chi connectivity index (χ4v) is 4.67. The summed E-state index contributed by atoms with van der Waals surface area (Å²) in [5.74, 6) is 0.0691. The zero-order chi connectivity index (χ0) is 18.6. The van der Waals surface area contributed by atoms with Crippen LogP contribution in [0, 0.1) is 0 Å². The Morgan fingerprint density at radius 2 is 2.04 bits per heavy atom. The van der Waals surface area contributed by atoms with Crippen molar-refractivity contribution in [2.24, 2.45) is 0 Å². The number of carbonyl (C=O) groups excluding carboxylic acids is 2. The highest BCUT2D eigenvalue weighted by Gasteiger charge is 2.19. The molecule has 1 N–H and O–H groups in total. The molecule has 0 unspecified atom stereocenters. The molecule has 0 saturated carbocycles. The number of anilines is 1. The first kappa shape index (κ1) is 17.9. The number of nitrogens with zero attached hydrogens (tertiary/aromatic N) is 2. The SMILES string of the molecule is O=C(NCc1ccc(N2CCCCC2=O)cc1)c1cnc(-c2cccs2)s1. The van der Waals surface area contributed by atoms with E-state index >= 15 is 0 Å². The number of nitrogens with one attached hydrogen (secondary N) is 1. The van der Waals surface area contributed by atoms with Crippen LogP contribution in [-0.4, -0.2) is 23.3 Å². The van der Waals surface area contributed by atoms with Crippen molar-refractivity contribution in [3.8, 4) is 9.88 Å². The molecule has 0 bridgehead atoms. The molecule has 0 atom stereocenters. The third-order valence-electron chi connectivity index (χ3n) is 4.49. The van der Waals surface area contributed by atoms with Crippen molar-refractivity contribution in [2.45, 2.75) is 25.8 Å². The molecule has 7 heteroatoms. The van der Waals surface area contributed by atoms with Crippen LogP contribution >= 0.6 is 22.7 Å². The minimum Gasteiger partial charge on any atom is -0.347 e. The Morgan fingerprint density at radius 1 is 1.19 bits per heavy atom. The molecule has 0 aliphatic carbocycles. The number of thiophene rings is 1. The lowest BCUT2D eigenvalue weighted by Crippen LogP contribution is -2.35. The second-order valence-electron chi connectivity index (χ2n) is 6.36. The van der Waals surface area contributed by atoms with Gasteiger partial charge in [-0.15, -0.1) is 22.7 Å². The van der Waals surface area contributed by atoms with Crippen LogP contribution in [0.1, 0.15) is 34.5 Å². The van der Waals surface area contributed by atoms with Crippen LogP contribution in [0.4, 0.5) is 5.69 Å². The number of hydrogen-bond acceptors (Lipinski definition) is 5. The number of rotatable bonds is 5. The topological polar surface area (TPSA) is 62.3 Å². The third-order valence-corrected chi connectivity index (χ3v) is 6.52. The predicted molar refractivity (Wildman–Crippen MR) is 109 cm³/mol. The molecule has 2 amide bonds. The molecule has 138 valence electrons. The maximum atomic E-state index is 12.4. The number of amides is 2. The summed E-state index contributed by atoms with van der Waals surface area (Å²) in [7, 11) is 0. The van der Waals surface area contributed by atoms with Gasteiger partial charge in [0.2, 0.25) is 5.91 Å². The summed E-state index contributed by atoms with van der Waals surface area (Å²) in [4.78, 5) is 32.2. The van der Waals surface area contributed by atoms with Gasteiger partial charge in [0.05, 0.1) is 11.1 Å². The van der Waals surface area contributed by atoms with Crippen LogP contribution in [-0.2, 0) is 11.3 Å². The first-order valence-corrected chi connectivity index (χ1v) is 10.6. The lowest BCUT2D eigenvalue weighted by atomic mass is 10.1. The molecular weight excluding hydrogens is 378 g/mol. The molecule has 1 aromatic carbocycles. The summed E-state index contributed by atoms with van der Waals surface area (Å²) in [6.07, 6.45) is 4.28. The number of piperidine rings is 1. The van der Waals surface area contributed by atoms with Crippen LogP contribution in [0.25, 0.3) is 9.88 Å². The number of aromatic nitrogens is 1. The van der Waals surface area contributed by atoms with Gasteiger partial charge < -0.3 is 10.2 Å². The van der Waals surface area contributed by atoms with E-state index in [1.807, 2.05) is 46.7 Å². The van der Waals surface area contributed by atoms with Gasteiger partial charge in [0.1, 0.15) is 9.88 Å². The normalized spacial score (nSPS) is 14.4. The maximum Gasteiger partial charge on any atom is 0.263 e. The zero-order valence-electron chi connectivity index (χ0n) is 14.7. The fourth-order valence-electron chi connectivity index (χ4n) is 3.04. The summed E-state index contributed by atoms with van der Waals surface area (Å²) in [6, 6.07) is 11.8. The van der Waals surface area contributed by atoms with E-state index in [0.717, 1.165) is 40.5 Å². The lowest BCUT2D eigenvalue weighted by molar-refractivity contribution is -0.119. The minimum absolute atomic E-state index is 0.120. The summed E-state index contributed by atoms with van der Waals surface area (Å²) in [6.45, 7) is 1.23. The monoisotopic (exact) mass is 397 g/mol. The standard InChI is InChI=1S/C20H19N3O2S2/c24-18-5-1-2-10-23(18)15-8-6-14(7-9-15)12-21-19(25)17-13-22-20(27-17)16-4-3-11-26-16/h3-4,6-9,11,13H,1-2,5,10,12H2,(H,21,25). The minimum atomic E-state index is -0.120. The predicted octanol–water partition coefficient (Wildman–Crippen LogP) is 4.32. The summed E-state index contributed by atoms with van der Waals surface area (Å²) in [5.41, 5.74) is 1.93. The largest absolute Gasteiger partial charge is 0.347 e. The number of benzene rings is 1. The first-order valence-electron chi connectivity index (χ1n) is 8.88. The molecule has 4 rings (SSSR count). The molecule has 0 spiro atoms. The molecule has 27 heavy (non-hydrogen) atoms. The van der Waals surface area contributed by atoms with Gasteiger partial charge in [-0.25, -0.2) is 4.98 Å². The molecule has 2 aromatic heterocycles. The van der Waals surface area contributed by atoms with Crippen molar-refractivity contribution in [3.05, 3.63) is 58.4 Å². The highest BCUT2D eigenvalue weighted by molar-refractivity contribution is 7.21. The lowest BCUT2D eigenvalue weighted by Gasteiger charge is -2.26. The van der Waals surface area contributed by atoms with E-state index in [1.165, 1.54) is 11.3 Å². The van der Waals surface area contributed by atoms with Crippen LogP contribution in [0.3, 0.4) is 0 Å². The smallest absolute Gasteiger partial charge is 0.263 e. The van der Waals surface area contributed by atoms with Crippen molar-refractivity contribution in [2.75, 3.05) is 11.4 Å². The Labute approximate surface area is 165 Å². The molecule has 1 aliphatic rings. The van der Waals surface area contributed by atoms with Crippen molar-refractivity contribution in [3.63, 3.8) is 0 Å². The van der Waals surface area contributed by atoms with Crippen LogP contribution in [0.5, 0.6) is 0 Å². The summed E-state index contributed by atoms with van der Waals surface area (Å²) in [5, 5.41) is 5.80. The highest BCUT2D eigenvalue weighted by atomic mass is 32.1. The molecule has 3 heterocycles. The Balaban J connectivity index is 1.36. The Hall–Kier alpha value is -2.51. The van der Waals surface area contributed by atoms with Gasteiger partial charge in [0.25, 0.3) is 5.91 Å². The maximum absolute atomic E-state index is 12.4. The molecule has 1 aliphatic heterocycles. The third kappa shape index (κ3) is 4.09. The van der Waals surface area contributed by atoms with E-state index in [0.29, 0.717) is 17.8 Å². The molecule has 5 nitrogen and oxygen atoms in total. The summed E-state index contributed by atoms with van der Waals surface area (Å²) >= 11 is 3.01. The fraction of sp³-hybridized carbons (Fsp3) is 0.250. The van der Waals surface area contributed by atoms with Crippen molar-refractivity contribution >= 4 is 40.2 Å². The number of hydrogen-bond donors (Lipinski definition) is 1. The van der Waals surface area contributed by atoms with Gasteiger partial charge >= 0.3 is 0 Å². The van der Waals surface area contributed by atoms with E-state index in [9.17, 15) is 9.59 Å². The Kier molecular flexibility index (Phi) is 5.31. The molecule has 0 radical (unpaired) electrons. The molecule has 1 saturated heterocycles. The van der Waals surface area contributed by atoms with Gasteiger partial charge in [0.15, 0.2) is 0 Å². The molecular formula is C20H19N3O2S2. The van der Waals surface area contributed by atoms with Crippen molar-refractivity contribution < 1.29 is 9.59 Å². The van der Waals surface area contributed by atoms with E-state index in [4.69, 9.17) is 0 Å². The highest BCUT2D eigenvalue weighted by Crippen LogP contribution is 2.28. The average molecular weight is 398 g/mol. The Morgan fingerprint density at radius 3 is 2.78 bits per heavy atom. The quantitative estimate of drug-likeness (QED) is 0.697. The first-order chi connectivity index (χ1) is 13.2. The van der Waals surface area contributed by atoms with E-state index < -0.39 is 0 Å². The molecule has 1 fully saturated rings. The number of thiazole rings is 1. The van der Waals surface area contributed by atoms with E-state index in [-0.39, 0.29) is 11.8 Å². The van der Waals surface area contributed by atoms with Gasteiger partial charge in [-0.05, 0) is 42.0 Å². The average Bonchev–Trinajstić information content (AvgIpc) is 3.38. The van der Waals surface area contributed by atoms with Gasteiger partial charge in [0, 0.05) is 25.2 Å². The van der Waals surface area contributed by atoms with Gasteiger partial charge in [-0.1, -0.05) is 18.2 Å².